The molecule has 0 bridgehead atoms. The van der Waals surface area contributed by atoms with Crippen molar-refractivity contribution in [2.24, 2.45) is 5.92 Å². The maximum Gasteiger partial charge on any atom is 0.228 e. The van der Waals surface area contributed by atoms with Gasteiger partial charge in [-0.1, -0.05) is 54.4 Å². The highest BCUT2D eigenvalue weighted by Crippen LogP contribution is 2.29. The number of hydrogen-bond acceptors (Lipinski definition) is 3. The second-order valence-corrected chi connectivity index (χ2v) is 9.94. The quantitative estimate of drug-likeness (QED) is 0.685. The van der Waals surface area contributed by atoms with E-state index in [1.54, 1.807) is 18.2 Å². The van der Waals surface area contributed by atoms with Crippen LogP contribution in [0.25, 0.3) is 0 Å². The largest absolute Gasteiger partial charge is 0.326 e. The molecule has 1 aliphatic heterocycles. The van der Waals surface area contributed by atoms with Gasteiger partial charge in [-0.2, -0.15) is 0 Å². The van der Waals surface area contributed by atoms with Gasteiger partial charge < -0.3 is 5.32 Å². The Morgan fingerprint density at radius 1 is 1.14 bits per heavy atom. The number of benzene rings is 2. The number of piperidine rings is 1. The molecule has 1 heterocycles. The monoisotopic (exact) mass is 454 g/mol. The fraction of sp³-hybridized carbons (Fsp3) is 0.381. The standard InChI is InChI=1S/C21H24Cl2N2O3S/c1-2-15-7-3-4-11-20(15)24-21(26)16-8-6-12-25(13-16)29(27,28)14-17-18(22)9-5-10-19(17)23/h3-5,7,9-11,16H,2,6,8,12-14H2,1H3,(H,24,26)/t16-/m1/s1. The topological polar surface area (TPSA) is 66.5 Å². The van der Waals surface area contributed by atoms with E-state index in [2.05, 4.69) is 5.32 Å². The van der Waals surface area contributed by atoms with Gasteiger partial charge in [0.2, 0.25) is 15.9 Å². The van der Waals surface area contributed by atoms with Crippen molar-refractivity contribution in [3.05, 3.63) is 63.6 Å². The Labute approximate surface area is 182 Å². The smallest absolute Gasteiger partial charge is 0.228 e. The minimum atomic E-state index is -3.65. The summed E-state index contributed by atoms with van der Waals surface area (Å²) in [5.41, 5.74) is 2.22. The van der Waals surface area contributed by atoms with Crippen molar-refractivity contribution >= 4 is 44.8 Å². The minimum Gasteiger partial charge on any atom is -0.326 e. The molecule has 1 N–H and O–H groups in total. The fourth-order valence-corrected chi connectivity index (χ4v) is 5.90. The van der Waals surface area contributed by atoms with Gasteiger partial charge in [0.1, 0.15) is 0 Å². The molecule has 2 aromatic rings. The summed E-state index contributed by atoms with van der Waals surface area (Å²) in [6.07, 6.45) is 2.09. The first-order chi connectivity index (χ1) is 13.8. The lowest BCUT2D eigenvalue weighted by Crippen LogP contribution is -2.44. The van der Waals surface area contributed by atoms with Gasteiger partial charge in [-0.15, -0.1) is 0 Å². The average molecular weight is 455 g/mol. The number of nitrogens with one attached hydrogen (secondary N) is 1. The molecule has 3 rings (SSSR count). The van der Waals surface area contributed by atoms with Crippen LogP contribution in [0, 0.1) is 5.92 Å². The lowest BCUT2D eigenvalue weighted by Gasteiger charge is -2.31. The second kappa shape index (κ2) is 9.47. The van der Waals surface area contributed by atoms with Crippen LogP contribution in [0.1, 0.15) is 30.9 Å². The molecule has 156 valence electrons. The molecular weight excluding hydrogens is 431 g/mol. The summed E-state index contributed by atoms with van der Waals surface area (Å²) in [5, 5.41) is 3.61. The Morgan fingerprint density at radius 3 is 2.52 bits per heavy atom. The van der Waals surface area contributed by atoms with Crippen molar-refractivity contribution in [2.45, 2.75) is 31.9 Å². The number of anilines is 1. The SMILES string of the molecule is CCc1ccccc1NC(=O)[C@@H]1CCCN(S(=O)(=O)Cc2c(Cl)cccc2Cl)C1. The van der Waals surface area contributed by atoms with E-state index in [-0.39, 0.29) is 18.2 Å². The third-order valence-corrected chi connectivity index (χ3v) is 7.67. The minimum absolute atomic E-state index is 0.151. The van der Waals surface area contributed by atoms with Crippen molar-refractivity contribution < 1.29 is 13.2 Å². The van der Waals surface area contributed by atoms with E-state index in [1.807, 2.05) is 31.2 Å². The summed E-state index contributed by atoms with van der Waals surface area (Å²) >= 11 is 12.3. The number of hydrogen-bond donors (Lipinski definition) is 1. The predicted octanol–water partition coefficient (Wildman–Crippen LogP) is 4.74. The Balaban J connectivity index is 1.72. The lowest BCUT2D eigenvalue weighted by atomic mass is 9.98. The summed E-state index contributed by atoms with van der Waals surface area (Å²) in [4.78, 5) is 12.8. The van der Waals surface area contributed by atoms with E-state index in [0.717, 1.165) is 17.7 Å². The molecule has 0 saturated carbocycles. The van der Waals surface area contributed by atoms with Crippen molar-refractivity contribution in [3.63, 3.8) is 0 Å². The van der Waals surface area contributed by atoms with E-state index in [4.69, 9.17) is 23.2 Å². The molecule has 8 heteroatoms. The zero-order valence-corrected chi connectivity index (χ0v) is 18.5. The number of amides is 1. The van der Waals surface area contributed by atoms with Gasteiger partial charge in [-0.05, 0) is 43.0 Å². The molecule has 0 radical (unpaired) electrons. The highest BCUT2D eigenvalue weighted by molar-refractivity contribution is 7.88. The summed E-state index contributed by atoms with van der Waals surface area (Å²) in [6, 6.07) is 12.6. The van der Waals surface area contributed by atoms with Crippen molar-refractivity contribution in [2.75, 3.05) is 18.4 Å². The molecule has 1 atom stereocenters. The molecule has 5 nitrogen and oxygen atoms in total. The predicted molar refractivity (Wildman–Crippen MR) is 118 cm³/mol. The van der Waals surface area contributed by atoms with Gasteiger partial charge >= 0.3 is 0 Å². The number of para-hydroxylation sites is 1. The molecule has 0 spiro atoms. The van der Waals surface area contributed by atoms with Crippen LogP contribution in [-0.4, -0.2) is 31.7 Å². The number of nitrogens with zero attached hydrogens (tertiary/aromatic N) is 1. The fourth-order valence-electron chi connectivity index (χ4n) is 3.54. The van der Waals surface area contributed by atoms with E-state index >= 15 is 0 Å². The van der Waals surface area contributed by atoms with Crippen LogP contribution in [0.15, 0.2) is 42.5 Å². The van der Waals surface area contributed by atoms with Crippen LogP contribution in [0.4, 0.5) is 5.69 Å². The first-order valence-corrected chi connectivity index (χ1v) is 12.0. The number of rotatable bonds is 6. The highest BCUT2D eigenvalue weighted by Gasteiger charge is 2.33. The Morgan fingerprint density at radius 2 is 1.83 bits per heavy atom. The zero-order chi connectivity index (χ0) is 21.0. The van der Waals surface area contributed by atoms with E-state index in [9.17, 15) is 13.2 Å². The molecular formula is C21H24Cl2N2O3S. The van der Waals surface area contributed by atoms with Crippen LogP contribution in [0.5, 0.6) is 0 Å². The lowest BCUT2D eigenvalue weighted by molar-refractivity contribution is -0.120. The second-order valence-electron chi connectivity index (χ2n) is 7.15. The van der Waals surface area contributed by atoms with E-state index < -0.39 is 15.9 Å². The Bertz CT molecular complexity index is 975. The van der Waals surface area contributed by atoms with Gasteiger partial charge in [0.05, 0.1) is 11.7 Å². The van der Waals surface area contributed by atoms with Gasteiger partial charge in [-0.3, -0.25) is 4.79 Å². The van der Waals surface area contributed by atoms with Gasteiger partial charge in [0, 0.05) is 34.4 Å². The first kappa shape index (κ1) is 22.1. The average Bonchev–Trinajstić information content (AvgIpc) is 2.71. The summed E-state index contributed by atoms with van der Waals surface area (Å²) in [5.74, 6) is -0.829. The van der Waals surface area contributed by atoms with Crippen molar-refractivity contribution in [3.8, 4) is 0 Å². The van der Waals surface area contributed by atoms with Crippen molar-refractivity contribution in [1.82, 2.24) is 4.31 Å². The van der Waals surface area contributed by atoms with Crippen LogP contribution in [0.3, 0.4) is 0 Å². The molecule has 2 aromatic carbocycles. The molecule has 1 fully saturated rings. The normalized spacial score (nSPS) is 17.8. The maximum absolute atomic E-state index is 13.0. The van der Waals surface area contributed by atoms with E-state index in [1.165, 1.54) is 4.31 Å². The first-order valence-electron chi connectivity index (χ1n) is 9.61. The summed E-state index contributed by atoms with van der Waals surface area (Å²) < 4.78 is 27.3. The third kappa shape index (κ3) is 5.31. The van der Waals surface area contributed by atoms with Crippen LogP contribution in [0.2, 0.25) is 10.0 Å². The number of halogens is 2. The molecule has 1 amide bonds. The number of carbonyl (C=O) groups excluding carboxylic acids is 1. The van der Waals surface area contributed by atoms with Crippen molar-refractivity contribution in [1.29, 1.82) is 0 Å². The Kier molecular flexibility index (Phi) is 7.22. The van der Waals surface area contributed by atoms with Crippen LogP contribution < -0.4 is 5.32 Å². The zero-order valence-electron chi connectivity index (χ0n) is 16.2. The number of sulfonamides is 1. The number of carbonyl (C=O) groups is 1. The Hall–Kier alpha value is -1.60. The van der Waals surface area contributed by atoms with E-state index in [0.29, 0.717) is 35.0 Å². The van der Waals surface area contributed by atoms with Crippen LogP contribution >= 0.6 is 23.2 Å². The summed E-state index contributed by atoms with van der Waals surface area (Å²) in [7, 11) is -3.65. The van der Waals surface area contributed by atoms with Gasteiger partial charge in [0.15, 0.2) is 0 Å². The third-order valence-electron chi connectivity index (χ3n) is 5.19. The summed E-state index contributed by atoms with van der Waals surface area (Å²) in [6.45, 7) is 2.57. The molecule has 1 aliphatic rings. The molecule has 0 unspecified atom stereocenters. The van der Waals surface area contributed by atoms with Gasteiger partial charge in [0.25, 0.3) is 0 Å². The maximum atomic E-state index is 13.0. The molecule has 1 saturated heterocycles. The van der Waals surface area contributed by atoms with Gasteiger partial charge in [-0.25, -0.2) is 12.7 Å². The molecule has 29 heavy (non-hydrogen) atoms. The van der Waals surface area contributed by atoms with Crippen LogP contribution in [-0.2, 0) is 27.0 Å². The molecule has 0 aliphatic carbocycles. The molecule has 0 aromatic heterocycles. The highest BCUT2D eigenvalue weighted by atomic mass is 35.5. The number of aryl methyl sites for hydroxylation is 1.